The lowest BCUT2D eigenvalue weighted by atomic mass is 9.94. The van der Waals surface area contributed by atoms with E-state index in [-0.39, 0.29) is 30.1 Å². The predicted octanol–water partition coefficient (Wildman–Crippen LogP) is 1.79. The molecule has 0 N–H and O–H groups in total. The minimum absolute atomic E-state index is 0.148. The average molecular weight is 312 g/mol. The number of hydrogen-bond acceptors (Lipinski definition) is 5. The topological polar surface area (TPSA) is 77.5 Å². The van der Waals surface area contributed by atoms with E-state index in [9.17, 15) is 18.0 Å². The van der Waals surface area contributed by atoms with Crippen molar-refractivity contribution in [3.63, 3.8) is 0 Å². The van der Waals surface area contributed by atoms with Gasteiger partial charge in [-0.25, -0.2) is 8.42 Å². The molecule has 0 aliphatic rings. The van der Waals surface area contributed by atoms with Gasteiger partial charge in [0.15, 0.2) is 9.84 Å². The third kappa shape index (κ3) is 4.97. The summed E-state index contributed by atoms with van der Waals surface area (Å²) in [5, 5.41) is 0. The summed E-state index contributed by atoms with van der Waals surface area (Å²) in [5.74, 6) is -1.66. The summed E-state index contributed by atoms with van der Waals surface area (Å²) in [5.41, 5.74) is 0.623. The second-order valence-electron chi connectivity index (χ2n) is 4.75. The second kappa shape index (κ2) is 7.36. The summed E-state index contributed by atoms with van der Waals surface area (Å²) in [6.07, 6.45) is 1.50. The molecular formula is C15H20O5S. The highest BCUT2D eigenvalue weighted by Gasteiger charge is 2.27. The lowest BCUT2D eigenvalue weighted by Gasteiger charge is -2.14. The Bertz CT molecular complexity index is 619. The van der Waals surface area contributed by atoms with Gasteiger partial charge in [-0.3, -0.25) is 9.59 Å². The molecule has 0 aliphatic carbocycles. The third-order valence-electron chi connectivity index (χ3n) is 3.07. The zero-order valence-electron chi connectivity index (χ0n) is 12.5. The normalized spacial score (nSPS) is 12.7. The Morgan fingerprint density at radius 2 is 1.90 bits per heavy atom. The van der Waals surface area contributed by atoms with E-state index in [1.165, 1.54) is 12.1 Å². The van der Waals surface area contributed by atoms with Gasteiger partial charge in [0.25, 0.3) is 0 Å². The third-order valence-corrected chi connectivity index (χ3v) is 4.18. The molecule has 0 radical (unpaired) electrons. The van der Waals surface area contributed by atoms with Crippen molar-refractivity contribution in [2.24, 2.45) is 5.92 Å². The van der Waals surface area contributed by atoms with Crippen LogP contribution in [0.3, 0.4) is 0 Å². The SMILES string of the molecule is CCOC(=O)C(Cc1cccc(S(C)(=O)=O)c1)C(=O)CC. The van der Waals surface area contributed by atoms with E-state index in [4.69, 9.17) is 4.74 Å². The molecule has 1 rings (SSSR count). The highest BCUT2D eigenvalue weighted by molar-refractivity contribution is 7.90. The van der Waals surface area contributed by atoms with E-state index in [1.807, 2.05) is 0 Å². The Kier molecular flexibility index (Phi) is 6.08. The van der Waals surface area contributed by atoms with Crippen LogP contribution >= 0.6 is 0 Å². The van der Waals surface area contributed by atoms with Gasteiger partial charge >= 0.3 is 5.97 Å². The number of carbonyl (C=O) groups excluding carboxylic acids is 2. The number of carbonyl (C=O) groups is 2. The lowest BCUT2D eigenvalue weighted by Crippen LogP contribution is -2.27. The van der Waals surface area contributed by atoms with Crippen LogP contribution < -0.4 is 0 Å². The van der Waals surface area contributed by atoms with E-state index >= 15 is 0 Å². The molecule has 5 nitrogen and oxygen atoms in total. The van der Waals surface area contributed by atoms with Gasteiger partial charge in [0.1, 0.15) is 11.7 Å². The predicted molar refractivity (Wildman–Crippen MR) is 78.7 cm³/mol. The molecule has 0 aromatic heterocycles. The number of ketones is 1. The number of ether oxygens (including phenoxy) is 1. The summed E-state index contributed by atoms with van der Waals surface area (Å²) in [7, 11) is -3.32. The molecule has 1 unspecified atom stereocenters. The molecule has 1 aromatic rings. The fourth-order valence-corrected chi connectivity index (χ4v) is 2.65. The quantitative estimate of drug-likeness (QED) is 0.566. The largest absolute Gasteiger partial charge is 0.465 e. The number of benzene rings is 1. The zero-order chi connectivity index (χ0) is 16.0. The first kappa shape index (κ1) is 17.4. The average Bonchev–Trinajstić information content (AvgIpc) is 2.43. The van der Waals surface area contributed by atoms with Gasteiger partial charge < -0.3 is 4.74 Å². The summed E-state index contributed by atoms with van der Waals surface area (Å²) in [6.45, 7) is 3.56. The number of esters is 1. The standard InChI is InChI=1S/C15H20O5S/c1-4-14(16)13(15(17)20-5-2)10-11-7-6-8-12(9-11)21(3,18)19/h6-9,13H,4-5,10H2,1-3H3. The molecule has 0 amide bonds. The van der Waals surface area contributed by atoms with Crippen LogP contribution in [0.25, 0.3) is 0 Å². The summed E-state index contributed by atoms with van der Waals surface area (Å²) < 4.78 is 28.0. The molecule has 0 heterocycles. The first-order valence-corrected chi connectivity index (χ1v) is 8.67. The molecule has 116 valence electrons. The summed E-state index contributed by atoms with van der Waals surface area (Å²) >= 11 is 0. The minimum Gasteiger partial charge on any atom is -0.465 e. The van der Waals surface area contributed by atoms with E-state index in [0.29, 0.717) is 5.56 Å². The Morgan fingerprint density at radius 3 is 2.43 bits per heavy atom. The number of rotatable bonds is 7. The molecule has 1 atom stereocenters. The van der Waals surface area contributed by atoms with Crippen molar-refractivity contribution in [1.29, 1.82) is 0 Å². The number of Topliss-reactive ketones (excluding diaryl/α,β-unsaturated/α-hetero) is 1. The van der Waals surface area contributed by atoms with Gasteiger partial charge in [-0.15, -0.1) is 0 Å². The van der Waals surface area contributed by atoms with Gasteiger partial charge in [-0.2, -0.15) is 0 Å². The van der Waals surface area contributed by atoms with Crippen LogP contribution in [0, 0.1) is 5.92 Å². The number of sulfone groups is 1. The van der Waals surface area contributed by atoms with Crippen molar-refractivity contribution >= 4 is 21.6 Å². The fourth-order valence-electron chi connectivity index (χ4n) is 1.96. The minimum atomic E-state index is -3.32. The van der Waals surface area contributed by atoms with Crippen molar-refractivity contribution in [2.45, 2.75) is 31.6 Å². The van der Waals surface area contributed by atoms with E-state index in [2.05, 4.69) is 0 Å². The molecule has 0 saturated heterocycles. The van der Waals surface area contributed by atoms with Crippen molar-refractivity contribution in [3.05, 3.63) is 29.8 Å². The fraction of sp³-hybridized carbons (Fsp3) is 0.467. The smallest absolute Gasteiger partial charge is 0.316 e. The lowest BCUT2D eigenvalue weighted by molar-refractivity contribution is -0.151. The molecule has 0 aliphatic heterocycles. The van der Waals surface area contributed by atoms with Crippen LogP contribution in [0.15, 0.2) is 29.2 Å². The Labute approximate surface area is 125 Å². The first-order chi connectivity index (χ1) is 9.79. The van der Waals surface area contributed by atoms with Crippen LogP contribution in [0.1, 0.15) is 25.8 Å². The van der Waals surface area contributed by atoms with Crippen LogP contribution in [-0.4, -0.2) is 33.0 Å². The second-order valence-corrected chi connectivity index (χ2v) is 6.76. The number of hydrogen-bond donors (Lipinski definition) is 0. The molecule has 6 heteroatoms. The van der Waals surface area contributed by atoms with Crippen LogP contribution in [0.4, 0.5) is 0 Å². The molecular weight excluding hydrogens is 292 g/mol. The maximum absolute atomic E-state index is 11.9. The van der Waals surface area contributed by atoms with Crippen molar-refractivity contribution in [3.8, 4) is 0 Å². The monoisotopic (exact) mass is 312 g/mol. The molecule has 0 saturated carbocycles. The van der Waals surface area contributed by atoms with E-state index in [0.717, 1.165) is 6.26 Å². The summed E-state index contributed by atoms with van der Waals surface area (Å²) in [4.78, 5) is 23.9. The molecule has 21 heavy (non-hydrogen) atoms. The summed E-state index contributed by atoms with van der Waals surface area (Å²) in [6, 6.07) is 6.28. The van der Waals surface area contributed by atoms with Gasteiger partial charge in [0.2, 0.25) is 0 Å². The molecule has 0 bridgehead atoms. The Balaban J connectivity index is 3.04. The van der Waals surface area contributed by atoms with Crippen molar-refractivity contribution in [1.82, 2.24) is 0 Å². The highest BCUT2D eigenvalue weighted by atomic mass is 32.2. The van der Waals surface area contributed by atoms with Gasteiger partial charge in [-0.05, 0) is 31.0 Å². The van der Waals surface area contributed by atoms with Crippen LogP contribution in [-0.2, 0) is 30.6 Å². The first-order valence-electron chi connectivity index (χ1n) is 6.78. The maximum Gasteiger partial charge on any atom is 0.316 e. The van der Waals surface area contributed by atoms with Crippen LogP contribution in [0.5, 0.6) is 0 Å². The Morgan fingerprint density at radius 1 is 1.24 bits per heavy atom. The Hall–Kier alpha value is -1.69. The van der Waals surface area contributed by atoms with Gasteiger partial charge in [0, 0.05) is 12.7 Å². The van der Waals surface area contributed by atoms with Crippen molar-refractivity contribution in [2.75, 3.05) is 12.9 Å². The van der Waals surface area contributed by atoms with E-state index in [1.54, 1.807) is 26.0 Å². The zero-order valence-corrected chi connectivity index (χ0v) is 13.3. The van der Waals surface area contributed by atoms with Crippen LogP contribution in [0.2, 0.25) is 0 Å². The van der Waals surface area contributed by atoms with Crippen molar-refractivity contribution < 1.29 is 22.7 Å². The van der Waals surface area contributed by atoms with Gasteiger partial charge in [0.05, 0.1) is 11.5 Å². The molecule has 0 fully saturated rings. The molecule has 0 spiro atoms. The van der Waals surface area contributed by atoms with Gasteiger partial charge in [-0.1, -0.05) is 19.1 Å². The highest BCUT2D eigenvalue weighted by Crippen LogP contribution is 2.17. The van der Waals surface area contributed by atoms with E-state index < -0.39 is 21.7 Å². The molecule has 1 aromatic carbocycles. The maximum atomic E-state index is 11.9.